The lowest BCUT2D eigenvalue weighted by atomic mass is 10.2. The molecule has 0 saturated heterocycles. The van der Waals surface area contributed by atoms with Crippen LogP contribution in [-0.4, -0.2) is 19.3 Å². The minimum atomic E-state index is 0.310. The second-order valence-electron chi connectivity index (χ2n) is 3.66. The number of anilines is 1. The summed E-state index contributed by atoms with van der Waals surface area (Å²) in [6.45, 7) is 7.62. The number of hydrogen-bond acceptors (Lipinski definition) is 2. The molecule has 1 aromatic carbocycles. The number of hydrogen-bond donors (Lipinski definition) is 1. The third-order valence-electron chi connectivity index (χ3n) is 2.16. The molecule has 2 nitrogen and oxygen atoms in total. The second kappa shape index (κ2) is 5.99. The van der Waals surface area contributed by atoms with E-state index in [4.69, 9.17) is 16.3 Å². The molecule has 0 radical (unpaired) electrons. The zero-order valence-corrected chi connectivity index (χ0v) is 10.3. The van der Waals surface area contributed by atoms with Crippen molar-refractivity contribution in [1.29, 1.82) is 0 Å². The first-order chi connectivity index (χ1) is 7.13. The highest BCUT2D eigenvalue weighted by molar-refractivity contribution is 6.30. The Bertz CT molecular complexity index is 314. The first-order valence-electron chi connectivity index (χ1n) is 5.24. The van der Waals surface area contributed by atoms with Crippen molar-refractivity contribution in [2.75, 3.05) is 18.5 Å². The molecular formula is C12H18ClNO. The molecule has 0 bridgehead atoms. The first kappa shape index (κ1) is 12.3. The van der Waals surface area contributed by atoms with E-state index in [1.54, 1.807) is 0 Å². The Labute approximate surface area is 96.6 Å². The highest BCUT2D eigenvalue weighted by Gasteiger charge is 2.04. The van der Waals surface area contributed by atoms with Crippen molar-refractivity contribution < 1.29 is 4.74 Å². The van der Waals surface area contributed by atoms with Gasteiger partial charge in [0.05, 0.1) is 6.61 Å². The largest absolute Gasteiger partial charge is 0.380 e. The quantitative estimate of drug-likeness (QED) is 0.832. The molecule has 0 saturated carbocycles. The van der Waals surface area contributed by atoms with Crippen molar-refractivity contribution in [2.24, 2.45) is 0 Å². The van der Waals surface area contributed by atoms with Crippen molar-refractivity contribution in [1.82, 2.24) is 0 Å². The number of benzene rings is 1. The summed E-state index contributed by atoms with van der Waals surface area (Å²) in [5.41, 5.74) is 2.28. The number of rotatable bonds is 5. The van der Waals surface area contributed by atoms with Crippen LogP contribution in [0.15, 0.2) is 18.2 Å². The van der Waals surface area contributed by atoms with Crippen LogP contribution in [0.2, 0.25) is 5.02 Å². The van der Waals surface area contributed by atoms with Gasteiger partial charge in [-0.25, -0.2) is 0 Å². The Morgan fingerprint density at radius 1 is 1.47 bits per heavy atom. The fraction of sp³-hybridized carbons (Fsp3) is 0.500. The first-order valence-corrected chi connectivity index (χ1v) is 5.61. The summed E-state index contributed by atoms with van der Waals surface area (Å²) in [4.78, 5) is 0. The summed E-state index contributed by atoms with van der Waals surface area (Å²) in [5, 5.41) is 4.16. The van der Waals surface area contributed by atoms with Crippen LogP contribution in [0, 0.1) is 6.92 Å². The predicted molar refractivity (Wildman–Crippen MR) is 65.8 cm³/mol. The van der Waals surface area contributed by atoms with Gasteiger partial charge in [-0.2, -0.15) is 0 Å². The molecule has 3 heteroatoms. The van der Waals surface area contributed by atoms with Crippen LogP contribution in [0.1, 0.15) is 19.4 Å². The highest BCUT2D eigenvalue weighted by atomic mass is 35.5. The van der Waals surface area contributed by atoms with Crippen molar-refractivity contribution in [3.63, 3.8) is 0 Å². The molecule has 0 aliphatic rings. The molecule has 0 fully saturated rings. The lowest BCUT2D eigenvalue weighted by molar-refractivity contribution is 0.141. The number of ether oxygens (including phenoxy) is 1. The fourth-order valence-corrected chi connectivity index (χ4v) is 1.62. The van der Waals surface area contributed by atoms with E-state index in [1.807, 2.05) is 32.0 Å². The normalized spacial score (nSPS) is 12.5. The van der Waals surface area contributed by atoms with E-state index in [0.717, 1.165) is 29.5 Å². The molecule has 1 rings (SSSR count). The SMILES string of the molecule is CCOCC(C)Nc1ccc(Cl)cc1C. The van der Waals surface area contributed by atoms with Gasteiger partial charge in [0.1, 0.15) is 0 Å². The van der Waals surface area contributed by atoms with Gasteiger partial charge in [-0.3, -0.25) is 0 Å². The molecular weight excluding hydrogens is 210 g/mol. The average Bonchev–Trinajstić information content (AvgIpc) is 2.19. The Morgan fingerprint density at radius 2 is 2.20 bits per heavy atom. The average molecular weight is 228 g/mol. The van der Waals surface area contributed by atoms with Crippen molar-refractivity contribution in [2.45, 2.75) is 26.8 Å². The molecule has 0 aromatic heterocycles. The molecule has 1 aromatic rings. The van der Waals surface area contributed by atoms with Gasteiger partial charge < -0.3 is 10.1 Å². The van der Waals surface area contributed by atoms with E-state index in [9.17, 15) is 0 Å². The zero-order valence-electron chi connectivity index (χ0n) is 9.51. The fourth-order valence-electron chi connectivity index (χ4n) is 1.39. The number of halogens is 1. The van der Waals surface area contributed by atoms with Gasteiger partial charge in [-0.15, -0.1) is 0 Å². The maximum absolute atomic E-state index is 5.88. The van der Waals surface area contributed by atoms with Crippen LogP contribution < -0.4 is 5.32 Å². The standard InChI is InChI=1S/C12H18ClNO/c1-4-15-8-10(3)14-12-6-5-11(13)7-9(12)2/h5-7,10,14H,4,8H2,1-3H3. The number of aryl methyl sites for hydroxylation is 1. The Balaban J connectivity index is 2.56. The zero-order chi connectivity index (χ0) is 11.3. The van der Waals surface area contributed by atoms with Crippen LogP contribution in [0.5, 0.6) is 0 Å². The van der Waals surface area contributed by atoms with Gasteiger partial charge in [0.2, 0.25) is 0 Å². The van der Waals surface area contributed by atoms with Crippen LogP contribution in [0.25, 0.3) is 0 Å². The highest BCUT2D eigenvalue weighted by Crippen LogP contribution is 2.20. The topological polar surface area (TPSA) is 21.3 Å². The van der Waals surface area contributed by atoms with Gasteiger partial charge in [-0.1, -0.05) is 11.6 Å². The lowest BCUT2D eigenvalue weighted by Crippen LogP contribution is -2.22. The lowest BCUT2D eigenvalue weighted by Gasteiger charge is -2.16. The summed E-state index contributed by atoms with van der Waals surface area (Å²) in [5.74, 6) is 0. The smallest absolute Gasteiger partial charge is 0.0664 e. The van der Waals surface area contributed by atoms with E-state index in [0.29, 0.717) is 6.04 Å². The molecule has 1 N–H and O–H groups in total. The molecule has 0 heterocycles. The Hall–Kier alpha value is -0.730. The summed E-state index contributed by atoms with van der Waals surface area (Å²) in [7, 11) is 0. The molecule has 15 heavy (non-hydrogen) atoms. The van der Waals surface area contributed by atoms with E-state index in [1.165, 1.54) is 0 Å². The maximum atomic E-state index is 5.88. The van der Waals surface area contributed by atoms with E-state index >= 15 is 0 Å². The van der Waals surface area contributed by atoms with Gasteiger partial charge in [-0.05, 0) is 44.5 Å². The summed E-state index contributed by atoms with van der Waals surface area (Å²) in [6, 6.07) is 6.16. The molecule has 0 aliphatic carbocycles. The second-order valence-corrected chi connectivity index (χ2v) is 4.10. The van der Waals surface area contributed by atoms with Crippen LogP contribution in [0.3, 0.4) is 0 Å². The van der Waals surface area contributed by atoms with Gasteiger partial charge in [0, 0.05) is 23.4 Å². The van der Waals surface area contributed by atoms with Crippen molar-refractivity contribution >= 4 is 17.3 Å². The molecule has 0 amide bonds. The third-order valence-corrected chi connectivity index (χ3v) is 2.40. The molecule has 84 valence electrons. The van der Waals surface area contributed by atoms with Gasteiger partial charge in [0.15, 0.2) is 0 Å². The molecule has 0 aliphatic heterocycles. The van der Waals surface area contributed by atoms with E-state index in [2.05, 4.69) is 12.2 Å². The van der Waals surface area contributed by atoms with Crippen LogP contribution in [0.4, 0.5) is 5.69 Å². The third kappa shape index (κ3) is 4.10. The minimum Gasteiger partial charge on any atom is -0.380 e. The van der Waals surface area contributed by atoms with Crippen LogP contribution >= 0.6 is 11.6 Å². The van der Waals surface area contributed by atoms with Gasteiger partial charge in [0.25, 0.3) is 0 Å². The minimum absolute atomic E-state index is 0.310. The molecule has 1 unspecified atom stereocenters. The summed E-state index contributed by atoms with van der Waals surface area (Å²) < 4.78 is 5.34. The maximum Gasteiger partial charge on any atom is 0.0664 e. The molecule has 0 spiro atoms. The predicted octanol–water partition coefficient (Wildman–Crippen LogP) is 3.49. The summed E-state index contributed by atoms with van der Waals surface area (Å²) in [6.07, 6.45) is 0. The van der Waals surface area contributed by atoms with Crippen LogP contribution in [-0.2, 0) is 4.74 Å². The van der Waals surface area contributed by atoms with Gasteiger partial charge >= 0.3 is 0 Å². The van der Waals surface area contributed by atoms with E-state index in [-0.39, 0.29) is 0 Å². The Morgan fingerprint density at radius 3 is 2.80 bits per heavy atom. The Kier molecular flexibility index (Phi) is 4.92. The summed E-state index contributed by atoms with van der Waals surface area (Å²) >= 11 is 5.88. The van der Waals surface area contributed by atoms with Crippen molar-refractivity contribution in [3.05, 3.63) is 28.8 Å². The molecule has 1 atom stereocenters. The van der Waals surface area contributed by atoms with E-state index < -0.39 is 0 Å². The number of nitrogens with one attached hydrogen (secondary N) is 1. The van der Waals surface area contributed by atoms with Crippen molar-refractivity contribution in [3.8, 4) is 0 Å². The monoisotopic (exact) mass is 227 g/mol.